The molecule has 49 heavy (non-hydrogen) atoms. The highest BCUT2D eigenvalue weighted by Gasteiger charge is 2.22. The molecule has 6 aromatic carbocycles. The highest BCUT2D eigenvalue weighted by Crippen LogP contribution is 2.42. The number of nitrogens with zero attached hydrogens (tertiary/aromatic N) is 5. The van der Waals surface area contributed by atoms with Crippen LogP contribution in [0.5, 0.6) is 0 Å². The van der Waals surface area contributed by atoms with Crippen LogP contribution in [-0.4, -0.2) is 25.5 Å². The van der Waals surface area contributed by atoms with E-state index in [-0.39, 0.29) is 0 Å². The second-order valence-corrected chi connectivity index (χ2v) is 13.2. The lowest BCUT2D eigenvalue weighted by atomic mass is 10.00. The fourth-order valence-corrected chi connectivity index (χ4v) is 7.59. The van der Waals surface area contributed by atoms with Gasteiger partial charge in [-0.2, -0.15) is 0 Å². The number of para-hydroxylation sites is 4. The van der Waals surface area contributed by atoms with E-state index in [9.17, 15) is 0 Å². The van der Waals surface area contributed by atoms with Crippen LogP contribution in [0.25, 0.3) is 66.0 Å². The van der Waals surface area contributed by atoms with Crippen LogP contribution in [0.2, 0.25) is 10.0 Å². The fraction of sp³-hybridized carbons (Fsp3) is 0.0238. The number of pyridine rings is 1. The van der Waals surface area contributed by atoms with Gasteiger partial charge >= 0.3 is 0 Å². The van der Waals surface area contributed by atoms with E-state index in [1.54, 1.807) is 0 Å². The molecule has 0 saturated heterocycles. The first kappa shape index (κ1) is 28.3. The molecule has 7 heteroatoms. The van der Waals surface area contributed by atoms with Gasteiger partial charge < -0.3 is 0 Å². The molecular weight excluding hydrogens is 645 g/mol. The number of imidazole rings is 1. The van der Waals surface area contributed by atoms with Crippen LogP contribution in [0, 0.1) is 0 Å². The molecule has 3 aromatic heterocycles. The molecule has 9 aromatic rings. The Kier molecular flexibility index (Phi) is 6.28. The number of allylic oxidation sites excluding steroid dienone is 1. The summed E-state index contributed by atoms with van der Waals surface area (Å²) >= 11 is 12.6. The summed E-state index contributed by atoms with van der Waals surface area (Å²) in [5.74, 6) is 1.42. The SMILES string of the molecule is Clc1ccc(C2=NC(c3ccc(Cl)cc3)=NC(n3c4ccccc4c4c5c6ccccc6n6c7ccccc7nc6c5ccc43)=CC2)cc1. The van der Waals surface area contributed by atoms with Gasteiger partial charge in [0.2, 0.25) is 0 Å². The number of hydrogen-bond donors (Lipinski definition) is 0. The number of aromatic nitrogens is 3. The lowest BCUT2D eigenvalue weighted by Crippen LogP contribution is -2.05. The first-order valence-corrected chi connectivity index (χ1v) is 16.9. The molecule has 0 fully saturated rings. The second kappa shape index (κ2) is 10.9. The zero-order chi connectivity index (χ0) is 32.6. The number of benzene rings is 6. The van der Waals surface area contributed by atoms with Crippen molar-refractivity contribution in [2.45, 2.75) is 6.42 Å². The van der Waals surface area contributed by atoms with E-state index in [0.29, 0.717) is 22.3 Å². The van der Waals surface area contributed by atoms with Gasteiger partial charge in [0.1, 0.15) is 11.5 Å². The number of fused-ring (bicyclic) bond motifs is 12. The molecule has 0 atom stereocenters. The summed E-state index contributed by atoms with van der Waals surface area (Å²) in [6.45, 7) is 0. The largest absolute Gasteiger partial charge is 0.294 e. The Hall–Kier alpha value is -5.75. The van der Waals surface area contributed by atoms with E-state index >= 15 is 0 Å². The van der Waals surface area contributed by atoms with Gasteiger partial charge in [-0.05, 0) is 84.4 Å². The maximum Gasteiger partial charge on any atom is 0.161 e. The number of hydrogen-bond acceptors (Lipinski definition) is 3. The van der Waals surface area contributed by atoms with Crippen LogP contribution in [0.4, 0.5) is 0 Å². The number of rotatable bonds is 3. The first-order chi connectivity index (χ1) is 24.1. The first-order valence-electron chi connectivity index (χ1n) is 16.1. The van der Waals surface area contributed by atoms with Crippen molar-refractivity contribution in [2.75, 3.05) is 0 Å². The Morgan fingerprint density at radius 2 is 1.14 bits per heavy atom. The van der Waals surface area contributed by atoms with Crippen LogP contribution < -0.4 is 0 Å². The van der Waals surface area contributed by atoms with Gasteiger partial charge in [-0.25, -0.2) is 15.0 Å². The van der Waals surface area contributed by atoms with Gasteiger partial charge in [0.15, 0.2) is 5.84 Å². The molecule has 1 aliphatic rings. The van der Waals surface area contributed by atoms with Crippen LogP contribution in [0.15, 0.2) is 150 Å². The molecular formula is C42H25Cl2N5. The highest BCUT2D eigenvalue weighted by molar-refractivity contribution is 6.32. The van der Waals surface area contributed by atoms with Crippen LogP contribution in [0.1, 0.15) is 17.5 Å². The fourth-order valence-electron chi connectivity index (χ4n) is 7.34. The minimum atomic E-state index is 0.587. The van der Waals surface area contributed by atoms with Gasteiger partial charge in [0, 0.05) is 49.0 Å². The molecule has 10 rings (SSSR count). The van der Waals surface area contributed by atoms with Gasteiger partial charge in [-0.3, -0.25) is 8.97 Å². The van der Waals surface area contributed by atoms with Crippen LogP contribution in [-0.2, 0) is 0 Å². The van der Waals surface area contributed by atoms with Gasteiger partial charge in [0.25, 0.3) is 0 Å². The van der Waals surface area contributed by atoms with Gasteiger partial charge in [-0.15, -0.1) is 0 Å². The molecule has 4 heterocycles. The van der Waals surface area contributed by atoms with E-state index in [2.05, 4.69) is 93.9 Å². The number of aliphatic imine (C=N–C) groups is 2. The molecule has 5 nitrogen and oxygen atoms in total. The number of amidine groups is 1. The Morgan fingerprint density at radius 1 is 0.510 bits per heavy atom. The zero-order valence-electron chi connectivity index (χ0n) is 26.0. The topological polar surface area (TPSA) is 47.0 Å². The summed E-state index contributed by atoms with van der Waals surface area (Å²) in [5.41, 5.74) is 9.09. The quantitative estimate of drug-likeness (QED) is 0.173. The maximum absolute atomic E-state index is 6.30. The van der Waals surface area contributed by atoms with Crippen molar-refractivity contribution < 1.29 is 0 Å². The minimum absolute atomic E-state index is 0.587. The standard InChI is InChI=1S/C42H25Cl2N5/c43-27-17-13-25(14-18-27)32-22-24-38(47-41(45-32)26-15-19-28(44)20-16-26)48-34-10-4-2-8-30(34)40-37(48)23-21-31-39(40)29-7-1-5-11-35(29)49-36-12-6-3-9-33(36)46-42(31)49/h1-21,23-24H,22H2. The van der Waals surface area contributed by atoms with Crippen LogP contribution in [0.3, 0.4) is 0 Å². The van der Waals surface area contributed by atoms with Gasteiger partial charge in [0.05, 0.1) is 33.3 Å². The average Bonchev–Trinajstić information content (AvgIpc) is 3.61. The van der Waals surface area contributed by atoms with E-state index in [1.807, 2.05) is 54.6 Å². The van der Waals surface area contributed by atoms with Crippen molar-refractivity contribution in [2.24, 2.45) is 9.98 Å². The summed E-state index contributed by atoms with van der Waals surface area (Å²) < 4.78 is 4.57. The third-order valence-electron chi connectivity index (χ3n) is 9.50. The summed E-state index contributed by atoms with van der Waals surface area (Å²) in [6, 6.07) is 45.6. The molecule has 0 amide bonds. The normalized spacial score (nSPS) is 13.8. The summed E-state index contributed by atoms with van der Waals surface area (Å²) in [5, 5.41) is 7.14. The second-order valence-electron chi connectivity index (χ2n) is 12.3. The Labute approximate surface area is 290 Å². The van der Waals surface area contributed by atoms with Crippen molar-refractivity contribution in [3.05, 3.63) is 161 Å². The highest BCUT2D eigenvalue weighted by atomic mass is 35.5. The lowest BCUT2D eigenvalue weighted by molar-refractivity contribution is 1.16. The molecule has 0 aliphatic carbocycles. The van der Waals surface area contributed by atoms with E-state index < -0.39 is 0 Å². The van der Waals surface area contributed by atoms with E-state index in [4.69, 9.17) is 38.2 Å². The smallest absolute Gasteiger partial charge is 0.161 e. The summed E-state index contributed by atoms with van der Waals surface area (Å²) in [4.78, 5) is 15.6. The van der Waals surface area contributed by atoms with Crippen molar-refractivity contribution >= 4 is 101 Å². The third-order valence-corrected chi connectivity index (χ3v) is 10.0. The van der Waals surface area contributed by atoms with Crippen molar-refractivity contribution in [1.29, 1.82) is 0 Å². The molecule has 0 unspecified atom stereocenters. The minimum Gasteiger partial charge on any atom is -0.294 e. The molecule has 1 aliphatic heterocycles. The summed E-state index contributed by atoms with van der Waals surface area (Å²) in [6.07, 6.45) is 2.76. The summed E-state index contributed by atoms with van der Waals surface area (Å²) in [7, 11) is 0. The molecule has 0 radical (unpaired) electrons. The maximum atomic E-state index is 6.30. The third kappa shape index (κ3) is 4.36. The van der Waals surface area contributed by atoms with Gasteiger partial charge in [-0.1, -0.05) is 83.9 Å². The monoisotopic (exact) mass is 669 g/mol. The predicted octanol–water partition coefficient (Wildman–Crippen LogP) is 11.3. The predicted molar refractivity (Wildman–Crippen MR) is 206 cm³/mol. The Morgan fingerprint density at radius 3 is 1.90 bits per heavy atom. The number of halogens is 2. The Balaban J connectivity index is 1.29. The van der Waals surface area contributed by atoms with Crippen molar-refractivity contribution in [3.8, 4) is 0 Å². The lowest BCUT2D eigenvalue weighted by Gasteiger charge is -2.12. The van der Waals surface area contributed by atoms with E-state index in [0.717, 1.165) is 66.7 Å². The average molecular weight is 671 g/mol. The zero-order valence-corrected chi connectivity index (χ0v) is 27.5. The van der Waals surface area contributed by atoms with Crippen LogP contribution >= 0.6 is 23.2 Å². The molecule has 0 N–H and O–H groups in total. The Bertz CT molecular complexity index is 2910. The molecule has 232 valence electrons. The van der Waals surface area contributed by atoms with Crippen molar-refractivity contribution in [1.82, 2.24) is 14.0 Å². The molecule has 0 spiro atoms. The van der Waals surface area contributed by atoms with Crippen molar-refractivity contribution in [3.63, 3.8) is 0 Å². The van der Waals surface area contributed by atoms with E-state index in [1.165, 1.54) is 16.2 Å². The molecule has 0 saturated carbocycles. The molecule has 0 bridgehead atoms.